The van der Waals surface area contributed by atoms with Crippen molar-refractivity contribution in [3.63, 3.8) is 0 Å². The summed E-state index contributed by atoms with van der Waals surface area (Å²) in [6.07, 6.45) is 3.38. The molecule has 1 heterocycles. The summed E-state index contributed by atoms with van der Waals surface area (Å²) < 4.78 is 15.9. The number of pyridine rings is 1. The van der Waals surface area contributed by atoms with Crippen molar-refractivity contribution in [2.45, 2.75) is 13.0 Å². The average Bonchev–Trinajstić information content (AvgIpc) is 2.60. The number of carbonyl (C=O) groups excluding carboxylic acids is 1. The Morgan fingerprint density at radius 1 is 1.00 bits per heavy atom. The van der Waals surface area contributed by atoms with Gasteiger partial charge in [-0.2, -0.15) is 0 Å². The Bertz CT molecular complexity index is 674. The lowest BCUT2D eigenvalue weighted by Gasteiger charge is -2.18. The second-order valence-corrected chi connectivity index (χ2v) is 4.86. The summed E-state index contributed by atoms with van der Waals surface area (Å²) in [7, 11) is 4.52. The summed E-state index contributed by atoms with van der Waals surface area (Å²) >= 11 is 0. The molecule has 0 saturated heterocycles. The molecule has 2 rings (SSSR count). The minimum atomic E-state index is -0.257. The Morgan fingerprint density at radius 3 is 2.22 bits per heavy atom. The first kappa shape index (κ1) is 16.6. The lowest BCUT2D eigenvalue weighted by Crippen LogP contribution is -2.27. The third-order valence-corrected chi connectivity index (χ3v) is 3.50. The van der Waals surface area contributed by atoms with Crippen LogP contribution in [0, 0.1) is 0 Å². The van der Waals surface area contributed by atoms with Crippen LogP contribution in [0.2, 0.25) is 0 Å². The number of rotatable bonds is 6. The number of aromatic nitrogens is 1. The van der Waals surface area contributed by atoms with Crippen molar-refractivity contribution in [2.24, 2.45) is 0 Å². The Kier molecular flexibility index (Phi) is 5.41. The van der Waals surface area contributed by atoms with Gasteiger partial charge in [0.25, 0.3) is 5.91 Å². The molecule has 0 aliphatic carbocycles. The van der Waals surface area contributed by atoms with Gasteiger partial charge in [-0.05, 0) is 36.8 Å². The van der Waals surface area contributed by atoms with Gasteiger partial charge in [-0.25, -0.2) is 0 Å². The topological polar surface area (TPSA) is 69.7 Å². The number of nitrogens with one attached hydrogen (secondary N) is 1. The van der Waals surface area contributed by atoms with Gasteiger partial charge in [-0.15, -0.1) is 0 Å². The van der Waals surface area contributed by atoms with Gasteiger partial charge >= 0.3 is 0 Å². The number of benzene rings is 1. The highest BCUT2D eigenvalue weighted by atomic mass is 16.5. The van der Waals surface area contributed by atoms with Crippen molar-refractivity contribution in [2.75, 3.05) is 21.3 Å². The third kappa shape index (κ3) is 3.53. The molecule has 1 aromatic carbocycles. The van der Waals surface area contributed by atoms with Crippen molar-refractivity contribution in [1.82, 2.24) is 10.3 Å². The van der Waals surface area contributed by atoms with Crippen molar-refractivity contribution < 1.29 is 19.0 Å². The molecule has 0 radical (unpaired) electrons. The second-order valence-electron chi connectivity index (χ2n) is 4.86. The van der Waals surface area contributed by atoms with E-state index < -0.39 is 0 Å². The molecule has 2 aromatic rings. The fourth-order valence-electron chi connectivity index (χ4n) is 2.29. The molecule has 0 aliphatic rings. The molecule has 1 unspecified atom stereocenters. The molecule has 1 atom stereocenters. The van der Waals surface area contributed by atoms with E-state index in [0.29, 0.717) is 22.8 Å². The number of methoxy groups -OCH3 is 3. The zero-order valence-electron chi connectivity index (χ0n) is 13.6. The number of carbonyl (C=O) groups is 1. The molecule has 1 amide bonds. The summed E-state index contributed by atoms with van der Waals surface area (Å²) in [4.78, 5) is 16.5. The standard InChI is InChI=1S/C17H20N2O4/c1-11(12-7-9-18-10-8-12)19-17(20)13-5-6-14(21-2)16(23-4)15(13)22-3/h5-11H,1-4H3,(H,19,20). The van der Waals surface area contributed by atoms with E-state index in [1.165, 1.54) is 21.3 Å². The Balaban J connectivity index is 2.29. The molecule has 0 saturated carbocycles. The molecular weight excluding hydrogens is 296 g/mol. The van der Waals surface area contributed by atoms with Crippen molar-refractivity contribution in [1.29, 1.82) is 0 Å². The molecule has 1 N–H and O–H groups in total. The zero-order valence-corrected chi connectivity index (χ0v) is 13.6. The normalized spacial score (nSPS) is 11.5. The first-order valence-electron chi connectivity index (χ1n) is 7.12. The largest absolute Gasteiger partial charge is 0.493 e. The van der Waals surface area contributed by atoms with Crippen molar-refractivity contribution in [3.05, 3.63) is 47.8 Å². The third-order valence-electron chi connectivity index (χ3n) is 3.50. The fraction of sp³-hybridized carbons (Fsp3) is 0.294. The molecule has 6 heteroatoms. The Morgan fingerprint density at radius 2 is 1.65 bits per heavy atom. The van der Waals surface area contributed by atoms with Crippen molar-refractivity contribution in [3.8, 4) is 17.2 Å². The van der Waals surface area contributed by atoms with Crippen molar-refractivity contribution >= 4 is 5.91 Å². The van der Waals surface area contributed by atoms with E-state index in [4.69, 9.17) is 14.2 Å². The van der Waals surface area contributed by atoms with E-state index in [9.17, 15) is 4.79 Å². The highest BCUT2D eigenvalue weighted by Gasteiger charge is 2.21. The predicted octanol–water partition coefficient (Wildman–Crippen LogP) is 2.60. The summed E-state index contributed by atoms with van der Waals surface area (Å²) in [6.45, 7) is 1.90. The number of hydrogen-bond donors (Lipinski definition) is 1. The van der Waals surface area contributed by atoms with Crippen LogP contribution in [0.1, 0.15) is 28.9 Å². The van der Waals surface area contributed by atoms with Gasteiger partial charge in [0.2, 0.25) is 5.75 Å². The van der Waals surface area contributed by atoms with Gasteiger partial charge in [0.05, 0.1) is 32.9 Å². The summed E-state index contributed by atoms with van der Waals surface area (Å²) in [5, 5.41) is 2.93. The molecule has 0 bridgehead atoms. The van der Waals surface area contributed by atoms with E-state index in [-0.39, 0.29) is 11.9 Å². The monoisotopic (exact) mass is 316 g/mol. The van der Waals surface area contributed by atoms with E-state index in [1.807, 2.05) is 19.1 Å². The Labute approximate surface area is 135 Å². The van der Waals surface area contributed by atoms with Crippen LogP contribution in [0.5, 0.6) is 17.2 Å². The van der Waals surface area contributed by atoms with Crippen LogP contribution in [0.25, 0.3) is 0 Å². The molecule has 0 aliphatic heterocycles. The van der Waals surface area contributed by atoms with Crippen LogP contribution < -0.4 is 19.5 Å². The fourth-order valence-corrected chi connectivity index (χ4v) is 2.29. The van der Waals surface area contributed by atoms with Crippen LogP contribution in [0.4, 0.5) is 0 Å². The molecule has 23 heavy (non-hydrogen) atoms. The van der Waals surface area contributed by atoms with Crippen LogP contribution in [0.3, 0.4) is 0 Å². The summed E-state index contributed by atoms with van der Waals surface area (Å²) in [6, 6.07) is 6.87. The van der Waals surface area contributed by atoms with Gasteiger partial charge in [0.15, 0.2) is 11.5 Å². The van der Waals surface area contributed by atoms with Crippen LogP contribution in [0.15, 0.2) is 36.7 Å². The van der Waals surface area contributed by atoms with Crippen LogP contribution >= 0.6 is 0 Å². The van der Waals surface area contributed by atoms with E-state index in [2.05, 4.69) is 10.3 Å². The van der Waals surface area contributed by atoms with Gasteiger partial charge < -0.3 is 19.5 Å². The second kappa shape index (κ2) is 7.49. The van der Waals surface area contributed by atoms with E-state index >= 15 is 0 Å². The molecule has 0 fully saturated rings. The lowest BCUT2D eigenvalue weighted by molar-refractivity contribution is 0.0936. The molecule has 6 nitrogen and oxygen atoms in total. The number of amides is 1. The summed E-state index contributed by atoms with van der Waals surface area (Å²) in [5.41, 5.74) is 1.35. The predicted molar refractivity (Wildman–Crippen MR) is 86.2 cm³/mol. The first-order valence-corrected chi connectivity index (χ1v) is 7.12. The van der Waals surface area contributed by atoms with Gasteiger partial charge in [-0.1, -0.05) is 0 Å². The maximum absolute atomic E-state index is 12.6. The molecule has 1 aromatic heterocycles. The molecule has 0 spiro atoms. The SMILES string of the molecule is COc1ccc(C(=O)NC(C)c2ccncc2)c(OC)c1OC. The lowest BCUT2D eigenvalue weighted by atomic mass is 10.1. The van der Waals surface area contributed by atoms with Gasteiger partial charge in [-0.3, -0.25) is 9.78 Å². The quantitative estimate of drug-likeness (QED) is 0.887. The highest BCUT2D eigenvalue weighted by molar-refractivity contribution is 5.98. The number of nitrogens with zero attached hydrogens (tertiary/aromatic N) is 1. The summed E-state index contributed by atoms with van der Waals surface area (Å²) in [5.74, 6) is 0.973. The van der Waals surface area contributed by atoms with Gasteiger partial charge in [0.1, 0.15) is 0 Å². The van der Waals surface area contributed by atoms with Gasteiger partial charge in [0, 0.05) is 12.4 Å². The Hall–Kier alpha value is -2.76. The minimum absolute atomic E-state index is 0.164. The zero-order chi connectivity index (χ0) is 16.8. The number of hydrogen-bond acceptors (Lipinski definition) is 5. The number of ether oxygens (including phenoxy) is 3. The molecule has 122 valence electrons. The van der Waals surface area contributed by atoms with E-state index in [1.54, 1.807) is 24.5 Å². The maximum Gasteiger partial charge on any atom is 0.255 e. The highest BCUT2D eigenvalue weighted by Crippen LogP contribution is 2.39. The maximum atomic E-state index is 12.6. The first-order chi connectivity index (χ1) is 11.1. The minimum Gasteiger partial charge on any atom is -0.493 e. The van der Waals surface area contributed by atoms with Crippen LogP contribution in [-0.2, 0) is 0 Å². The van der Waals surface area contributed by atoms with Crippen LogP contribution in [-0.4, -0.2) is 32.2 Å². The average molecular weight is 316 g/mol. The van der Waals surface area contributed by atoms with E-state index in [0.717, 1.165) is 5.56 Å². The smallest absolute Gasteiger partial charge is 0.255 e. The molecular formula is C17H20N2O4.